The normalized spacial score (nSPS) is 13.5. The van der Waals surface area contributed by atoms with Gasteiger partial charge in [-0.15, -0.1) is 0 Å². The van der Waals surface area contributed by atoms with Crippen LogP contribution in [0.2, 0.25) is 0 Å². The van der Waals surface area contributed by atoms with Crippen LogP contribution in [-0.4, -0.2) is 17.6 Å². The van der Waals surface area contributed by atoms with Gasteiger partial charge in [-0.1, -0.05) is 5.16 Å². The third-order valence-corrected chi connectivity index (χ3v) is 3.37. The molecule has 0 aliphatic carbocycles. The Balaban J connectivity index is 2.04. The second kappa shape index (κ2) is 4.51. The number of anilines is 1. The molecule has 3 N–H and O–H groups in total. The third kappa shape index (κ3) is 2.02. The number of rotatable bonds is 3. The molecular formula is C14H15N3O2. The Hall–Kier alpha value is -2.14. The molecule has 1 aromatic heterocycles. The standard InChI is InChI=1S/C14H15N3O2/c1-8-11(4-5-15)14(19-17-8)9-2-3-12-10(6-9)7-13(18)16-12/h2-3,6H,4-5,7,15H2,1H3,(H,16,18). The van der Waals surface area contributed by atoms with Crippen LogP contribution < -0.4 is 11.1 Å². The topological polar surface area (TPSA) is 81.2 Å². The maximum absolute atomic E-state index is 11.4. The van der Waals surface area contributed by atoms with Gasteiger partial charge < -0.3 is 15.6 Å². The van der Waals surface area contributed by atoms with E-state index in [-0.39, 0.29) is 5.91 Å². The summed E-state index contributed by atoms with van der Waals surface area (Å²) in [6.45, 7) is 2.47. The zero-order valence-electron chi connectivity index (χ0n) is 10.7. The number of amides is 1. The van der Waals surface area contributed by atoms with E-state index in [0.29, 0.717) is 13.0 Å². The zero-order valence-corrected chi connectivity index (χ0v) is 10.7. The quantitative estimate of drug-likeness (QED) is 0.876. The molecule has 5 nitrogen and oxygen atoms in total. The SMILES string of the molecule is Cc1noc(-c2ccc3c(c2)CC(=O)N3)c1CCN. The van der Waals surface area contributed by atoms with Crippen LogP contribution in [0.3, 0.4) is 0 Å². The Morgan fingerprint density at radius 3 is 3.11 bits per heavy atom. The highest BCUT2D eigenvalue weighted by Gasteiger charge is 2.20. The maximum atomic E-state index is 11.4. The lowest BCUT2D eigenvalue weighted by atomic mass is 10.0. The number of nitrogens with zero attached hydrogens (tertiary/aromatic N) is 1. The average molecular weight is 257 g/mol. The molecule has 5 heteroatoms. The van der Waals surface area contributed by atoms with Crippen molar-refractivity contribution in [1.29, 1.82) is 0 Å². The summed E-state index contributed by atoms with van der Waals surface area (Å²) in [7, 11) is 0. The zero-order chi connectivity index (χ0) is 13.4. The Morgan fingerprint density at radius 1 is 1.47 bits per heavy atom. The van der Waals surface area contributed by atoms with Gasteiger partial charge >= 0.3 is 0 Å². The van der Waals surface area contributed by atoms with Crippen LogP contribution >= 0.6 is 0 Å². The van der Waals surface area contributed by atoms with E-state index in [1.54, 1.807) is 0 Å². The molecule has 0 radical (unpaired) electrons. The highest BCUT2D eigenvalue weighted by atomic mass is 16.5. The average Bonchev–Trinajstić information content (AvgIpc) is 2.92. The van der Waals surface area contributed by atoms with E-state index in [0.717, 1.165) is 40.3 Å². The van der Waals surface area contributed by atoms with Crippen molar-refractivity contribution >= 4 is 11.6 Å². The summed E-state index contributed by atoms with van der Waals surface area (Å²) in [5.74, 6) is 0.785. The molecule has 2 heterocycles. The molecule has 0 bridgehead atoms. The van der Waals surface area contributed by atoms with Gasteiger partial charge in [-0.3, -0.25) is 4.79 Å². The summed E-state index contributed by atoms with van der Waals surface area (Å²) in [6, 6.07) is 5.82. The van der Waals surface area contributed by atoms with Gasteiger partial charge in [0.1, 0.15) is 0 Å². The summed E-state index contributed by atoms with van der Waals surface area (Å²) >= 11 is 0. The number of benzene rings is 1. The van der Waals surface area contributed by atoms with E-state index in [2.05, 4.69) is 10.5 Å². The maximum Gasteiger partial charge on any atom is 0.228 e. The number of aryl methyl sites for hydroxylation is 1. The number of fused-ring (bicyclic) bond motifs is 1. The Labute approximate surface area is 110 Å². The van der Waals surface area contributed by atoms with Crippen LogP contribution in [0.15, 0.2) is 22.7 Å². The van der Waals surface area contributed by atoms with Crippen molar-refractivity contribution in [2.75, 3.05) is 11.9 Å². The van der Waals surface area contributed by atoms with Gasteiger partial charge in [0.15, 0.2) is 5.76 Å². The lowest BCUT2D eigenvalue weighted by Gasteiger charge is -2.03. The van der Waals surface area contributed by atoms with E-state index in [9.17, 15) is 4.79 Å². The summed E-state index contributed by atoms with van der Waals surface area (Å²) < 4.78 is 5.41. The lowest BCUT2D eigenvalue weighted by molar-refractivity contribution is -0.115. The molecule has 1 amide bonds. The van der Waals surface area contributed by atoms with Crippen LogP contribution in [0.4, 0.5) is 5.69 Å². The smallest absolute Gasteiger partial charge is 0.228 e. The Morgan fingerprint density at radius 2 is 2.32 bits per heavy atom. The number of nitrogens with one attached hydrogen (secondary N) is 1. The number of carbonyl (C=O) groups is 1. The first-order valence-corrected chi connectivity index (χ1v) is 6.27. The van der Waals surface area contributed by atoms with Crippen molar-refractivity contribution in [3.63, 3.8) is 0 Å². The summed E-state index contributed by atoms with van der Waals surface area (Å²) in [5.41, 5.74) is 10.4. The van der Waals surface area contributed by atoms with Crippen LogP contribution in [0.1, 0.15) is 16.8 Å². The molecule has 0 atom stereocenters. The first-order valence-electron chi connectivity index (χ1n) is 6.27. The molecule has 2 aromatic rings. The Kier molecular flexibility index (Phi) is 2.83. The number of nitrogens with two attached hydrogens (primary N) is 1. The molecule has 0 saturated heterocycles. The number of aromatic nitrogens is 1. The van der Waals surface area contributed by atoms with Crippen molar-refractivity contribution in [2.24, 2.45) is 5.73 Å². The summed E-state index contributed by atoms with van der Waals surface area (Å²) in [6.07, 6.45) is 1.15. The van der Waals surface area contributed by atoms with Crippen molar-refractivity contribution in [3.8, 4) is 11.3 Å². The highest BCUT2D eigenvalue weighted by molar-refractivity contribution is 5.99. The number of carbonyl (C=O) groups excluding carboxylic acids is 1. The van der Waals surface area contributed by atoms with Crippen molar-refractivity contribution in [1.82, 2.24) is 5.16 Å². The van der Waals surface area contributed by atoms with Crippen LogP contribution in [-0.2, 0) is 17.6 Å². The van der Waals surface area contributed by atoms with E-state index in [1.165, 1.54) is 0 Å². The molecule has 1 aromatic carbocycles. The molecule has 0 unspecified atom stereocenters. The van der Waals surface area contributed by atoms with Crippen molar-refractivity contribution in [3.05, 3.63) is 35.0 Å². The van der Waals surface area contributed by atoms with Crippen LogP contribution in [0, 0.1) is 6.92 Å². The molecule has 1 aliphatic rings. The van der Waals surface area contributed by atoms with Crippen molar-refractivity contribution in [2.45, 2.75) is 19.8 Å². The summed E-state index contributed by atoms with van der Waals surface area (Å²) in [4.78, 5) is 11.4. The van der Waals surface area contributed by atoms with Gasteiger partial charge in [0.2, 0.25) is 5.91 Å². The lowest BCUT2D eigenvalue weighted by Crippen LogP contribution is -2.04. The fraction of sp³-hybridized carbons (Fsp3) is 0.286. The number of hydrogen-bond donors (Lipinski definition) is 2. The van der Waals surface area contributed by atoms with E-state index >= 15 is 0 Å². The molecule has 0 saturated carbocycles. The minimum atomic E-state index is 0.0306. The van der Waals surface area contributed by atoms with Crippen LogP contribution in [0.25, 0.3) is 11.3 Å². The van der Waals surface area contributed by atoms with E-state index in [1.807, 2.05) is 25.1 Å². The molecule has 3 rings (SSSR count). The monoisotopic (exact) mass is 257 g/mol. The fourth-order valence-corrected chi connectivity index (χ4v) is 2.42. The first-order chi connectivity index (χ1) is 9.19. The second-order valence-corrected chi connectivity index (χ2v) is 4.71. The second-order valence-electron chi connectivity index (χ2n) is 4.71. The minimum Gasteiger partial charge on any atom is -0.356 e. The van der Waals surface area contributed by atoms with Gasteiger partial charge in [0, 0.05) is 16.8 Å². The van der Waals surface area contributed by atoms with E-state index < -0.39 is 0 Å². The molecule has 98 valence electrons. The van der Waals surface area contributed by atoms with Gasteiger partial charge in [-0.05, 0) is 43.7 Å². The molecule has 0 fully saturated rings. The third-order valence-electron chi connectivity index (χ3n) is 3.37. The largest absolute Gasteiger partial charge is 0.356 e. The molecule has 0 spiro atoms. The van der Waals surface area contributed by atoms with Gasteiger partial charge in [0.05, 0.1) is 12.1 Å². The molecule has 19 heavy (non-hydrogen) atoms. The van der Waals surface area contributed by atoms with Gasteiger partial charge in [-0.2, -0.15) is 0 Å². The highest BCUT2D eigenvalue weighted by Crippen LogP contribution is 2.31. The minimum absolute atomic E-state index is 0.0306. The van der Waals surface area contributed by atoms with Crippen LogP contribution in [0.5, 0.6) is 0 Å². The first kappa shape index (κ1) is 11.9. The van der Waals surface area contributed by atoms with Gasteiger partial charge in [0.25, 0.3) is 0 Å². The molecular weight excluding hydrogens is 242 g/mol. The predicted octanol–water partition coefficient (Wildman–Crippen LogP) is 1.65. The van der Waals surface area contributed by atoms with E-state index in [4.69, 9.17) is 10.3 Å². The fourth-order valence-electron chi connectivity index (χ4n) is 2.42. The van der Waals surface area contributed by atoms with Gasteiger partial charge in [-0.25, -0.2) is 0 Å². The van der Waals surface area contributed by atoms with Crippen molar-refractivity contribution < 1.29 is 9.32 Å². The number of hydrogen-bond acceptors (Lipinski definition) is 4. The Bertz CT molecular complexity index is 646. The summed E-state index contributed by atoms with van der Waals surface area (Å²) in [5, 5.41) is 6.82. The molecule has 1 aliphatic heterocycles. The predicted molar refractivity (Wildman–Crippen MR) is 71.8 cm³/mol.